The number of rotatable bonds is 4. The van der Waals surface area contributed by atoms with E-state index in [1.807, 2.05) is 0 Å². The van der Waals surface area contributed by atoms with Gasteiger partial charge in [0.2, 0.25) is 0 Å². The van der Waals surface area contributed by atoms with Gasteiger partial charge in [-0.2, -0.15) is 0 Å². The molecule has 0 aromatic carbocycles. The average molecular weight is 251 g/mol. The van der Waals surface area contributed by atoms with Crippen LogP contribution in [0.25, 0.3) is 0 Å². The van der Waals surface area contributed by atoms with Gasteiger partial charge >= 0.3 is 0 Å². The van der Waals surface area contributed by atoms with E-state index in [0.29, 0.717) is 0 Å². The Morgan fingerprint density at radius 1 is 0.944 bits per heavy atom. The molecule has 3 atom stereocenters. The Hall–Kier alpha value is -0.0400. The zero-order chi connectivity index (χ0) is 13.0. The number of nitrogens with zero attached hydrogens (tertiary/aromatic N) is 1. The molecule has 0 amide bonds. The van der Waals surface area contributed by atoms with Crippen LogP contribution in [0.2, 0.25) is 0 Å². The second kappa shape index (κ2) is 6.93. The molecule has 1 aliphatic carbocycles. The fourth-order valence-electron chi connectivity index (χ4n) is 4.14. The van der Waals surface area contributed by atoms with E-state index >= 15 is 0 Å². The lowest BCUT2D eigenvalue weighted by Crippen LogP contribution is -2.39. The van der Waals surface area contributed by atoms with E-state index in [-0.39, 0.29) is 0 Å². The van der Waals surface area contributed by atoms with Crippen LogP contribution in [0.15, 0.2) is 0 Å². The topological polar surface area (TPSA) is 3.24 Å². The van der Waals surface area contributed by atoms with Crippen molar-refractivity contribution in [2.45, 2.75) is 78.2 Å². The molecule has 0 N–H and O–H groups in total. The predicted octanol–water partition coefficient (Wildman–Crippen LogP) is 4.71. The highest BCUT2D eigenvalue weighted by atomic mass is 15.1. The number of piperidine rings is 1. The summed E-state index contributed by atoms with van der Waals surface area (Å²) in [5.74, 6) is 2.93. The molecule has 0 radical (unpaired) electrons. The van der Waals surface area contributed by atoms with Gasteiger partial charge in [0, 0.05) is 6.04 Å². The van der Waals surface area contributed by atoms with Crippen LogP contribution in [0.4, 0.5) is 0 Å². The first-order valence-electron chi connectivity index (χ1n) is 8.41. The molecule has 1 aliphatic heterocycles. The Morgan fingerprint density at radius 3 is 2.33 bits per heavy atom. The van der Waals surface area contributed by atoms with Crippen molar-refractivity contribution >= 4 is 0 Å². The van der Waals surface area contributed by atoms with E-state index in [2.05, 4.69) is 25.7 Å². The van der Waals surface area contributed by atoms with E-state index in [1.54, 1.807) is 0 Å². The van der Waals surface area contributed by atoms with Crippen molar-refractivity contribution in [3.63, 3.8) is 0 Å². The first-order chi connectivity index (χ1) is 8.66. The maximum absolute atomic E-state index is 2.75. The van der Waals surface area contributed by atoms with Crippen LogP contribution < -0.4 is 0 Å². The summed E-state index contributed by atoms with van der Waals surface area (Å²) in [5.41, 5.74) is 0. The van der Waals surface area contributed by atoms with Crippen molar-refractivity contribution < 1.29 is 0 Å². The lowest BCUT2D eigenvalue weighted by atomic mass is 9.74. The lowest BCUT2D eigenvalue weighted by molar-refractivity contribution is 0.125. The minimum atomic E-state index is 0.834. The number of hydrogen-bond donors (Lipinski definition) is 0. The summed E-state index contributed by atoms with van der Waals surface area (Å²) in [6.45, 7) is 10.0. The molecule has 106 valence electrons. The van der Waals surface area contributed by atoms with E-state index in [0.717, 1.165) is 23.8 Å². The summed E-state index contributed by atoms with van der Waals surface area (Å²) in [7, 11) is 0. The van der Waals surface area contributed by atoms with Crippen molar-refractivity contribution in [3.05, 3.63) is 0 Å². The largest absolute Gasteiger partial charge is 0.301 e. The Balaban J connectivity index is 1.77. The zero-order valence-electron chi connectivity index (χ0n) is 12.8. The molecule has 1 saturated heterocycles. The number of likely N-dealkylation sites (tertiary alicyclic amines) is 1. The van der Waals surface area contributed by atoms with Crippen LogP contribution in [0, 0.1) is 17.8 Å². The third kappa shape index (κ3) is 3.98. The van der Waals surface area contributed by atoms with Gasteiger partial charge in [-0.25, -0.2) is 0 Å². The van der Waals surface area contributed by atoms with Crippen molar-refractivity contribution in [3.8, 4) is 0 Å². The van der Waals surface area contributed by atoms with Crippen LogP contribution in [0.5, 0.6) is 0 Å². The van der Waals surface area contributed by atoms with Crippen LogP contribution in [0.1, 0.15) is 72.1 Å². The van der Waals surface area contributed by atoms with Gasteiger partial charge in [0.05, 0.1) is 0 Å². The quantitative estimate of drug-likeness (QED) is 0.699. The smallest absolute Gasteiger partial charge is 0.00695 e. The normalized spacial score (nSPS) is 32.7. The van der Waals surface area contributed by atoms with Crippen LogP contribution in [0.3, 0.4) is 0 Å². The molecule has 3 unspecified atom stereocenters. The minimum Gasteiger partial charge on any atom is -0.301 e. The highest BCUT2D eigenvalue weighted by molar-refractivity contribution is 4.80. The molecular weight excluding hydrogens is 218 g/mol. The standard InChI is InChI=1S/C17H33N/c1-14(2)17-9-7-8-16(13-17)12-15(3)18-10-5-4-6-11-18/h14-17H,4-13H2,1-3H3. The van der Waals surface area contributed by atoms with E-state index < -0.39 is 0 Å². The molecule has 2 aliphatic rings. The third-order valence-electron chi connectivity index (χ3n) is 5.45. The van der Waals surface area contributed by atoms with Crippen molar-refractivity contribution in [2.75, 3.05) is 13.1 Å². The SMILES string of the molecule is CC(C)C1CCCC(CC(C)N2CCCCC2)C1. The molecule has 2 fully saturated rings. The van der Waals surface area contributed by atoms with Gasteiger partial charge in [0.25, 0.3) is 0 Å². The Morgan fingerprint density at radius 2 is 1.67 bits per heavy atom. The van der Waals surface area contributed by atoms with Crippen molar-refractivity contribution in [1.82, 2.24) is 4.90 Å². The average Bonchev–Trinajstić information content (AvgIpc) is 2.40. The summed E-state index contributed by atoms with van der Waals surface area (Å²) in [6.07, 6.45) is 11.8. The number of hydrogen-bond acceptors (Lipinski definition) is 1. The first-order valence-corrected chi connectivity index (χ1v) is 8.41. The molecule has 18 heavy (non-hydrogen) atoms. The van der Waals surface area contributed by atoms with E-state index in [4.69, 9.17) is 0 Å². The Kier molecular flexibility index (Phi) is 5.54. The second-order valence-corrected chi connectivity index (χ2v) is 7.22. The highest BCUT2D eigenvalue weighted by Crippen LogP contribution is 2.36. The molecule has 0 bridgehead atoms. The monoisotopic (exact) mass is 251 g/mol. The molecule has 2 rings (SSSR count). The molecule has 1 heteroatoms. The van der Waals surface area contributed by atoms with Crippen molar-refractivity contribution in [1.29, 1.82) is 0 Å². The third-order valence-corrected chi connectivity index (χ3v) is 5.45. The lowest BCUT2D eigenvalue weighted by Gasteiger charge is -2.37. The zero-order valence-corrected chi connectivity index (χ0v) is 12.8. The highest BCUT2D eigenvalue weighted by Gasteiger charge is 2.27. The second-order valence-electron chi connectivity index (χ2n) is 7.22. The van der Waals surface area contributed by atoms with Gasteiger partial charge in [-0.15, -0.1) is 0 Å². The van der Waals surface area contributed by atoms with Gasteiger partial charge < -0.3 is 4.90 Å². The van der Waals surface area contributed by atoms with Gasteiger partial charge in [-0.05, 0) is 63.5 Å². The molecule has 1 heterocycles. The van der Waals surface area contributed by atoms with Gasteiger partial charge in [-0.3, -0.25) is 0 Å². The van der Waals surface area contributed by atoms with Gasteiger partial charge in [0.1, 0.15) is 0 Å². The summed E-state index contributed by atoms with van der Waals surface area (Å²) >= 11 is 0. The Bertz CT molecular complexity index is 230. The van der Waals surface area contributed by atoms with Gasteiger partial charge in [0.15, 0.2) is 0 Å². The fourth-order valence-corrected chi connectivity index (χ4v) is 4.14. The summed E-state index contributed by atoms with van der Waals surface area (Å²) in [5, 5.41) is 0. The minimum absolute atomic E-state index is 0.834. The molecule has 1 nitrogen and oxygen atoms in total. The van der Waals surface area contributed by atoms with Crippen molar-refractivity contribution in [2.24, 2.45) is 17.8 Å². The van der Waals surface area contributed by atoms with E-state index in [1.165, 1.54) is 64.5 Å². The predicted molar refractivity (Wildman–Crippen MR) is 79.8 cm³/mol. The molecule has 0 aromatic rings. The van der Waals surface area contributed by atoms with Crippen LogP contribution >= 0.6 is 0 Å². The van der Waals surface area contributed by atoms with Crippen LogP contribution in [-0.4, -0.2) is 24.0 Å². The van der Waals surface area contributed by atoms with Gasteiger partial charge in [-0.1, -0.05) is 39.5 Å². The summed E-state index contributed by atoms with van der Waals surface area (Å²) < 4.78 is 0. The first kappa shape index (κ1) is 14.4. The summed E-state index contributed by atoms with van der Waals surface area (Å²) in [6, 6.07) is 0.834. The summed E-state index contributed by atoms with van der Waals surface area (Å²) in [4.78, 5) is 2.75. The fraction of sp³-hybridized carbons (Fsp3) is 1.00. The maximum Gasteiger partial charge on any atom is 0.00695 e. The molecular formula is C17H33N. The molecule has 0 spiro atoms. The Labute approximate surface area is 114 Å². The maximum atomic E-state index is 2.75. The van der Waals surface area contributed by atoms with E-state index in [9.17, 15) is 0 Å². The molecule has 0 aromatic heterocycles. The molecule has 1 saturated carbocycles. The van der Waals surface area contributed by atoms with Crippen LogP contribution in [-0.2, 0) is 0 Å².